The van der Waals surface area contributed by atoms with Gasteiger partial charge in [0.05, 0.1) is 155 Å². The van der Waals surface area contributed by atoms with Crippen molar-refractivity contribution in [2.75, 3.05) is 159 Å². The molecule has 3 fully saturated rings. The second kappa shape index (κ2) is 58.3. The topological polar surface area (TPSA) is 419 Å². The molecule has 644 valence electrons. The van der Waals surface area contributed by atoms with E-state index in [9.17, 15) is 56.3 Å². The molecular formula is C75H129F3N4O29. The number of Topliss-reactive ketones (excluding diaryl/α,β-unsaturated/α-hetero) is 3. The van der Waals surface area contributed by atoms with Crippen molar-refractivity contribution in [3.05, 3.63) is 0 Å². The second-order valence-electron chi connectivity index (χ2n) is 28.1. The maximum Gasteiger partial charge on any atom is 0.490 e. The smallest absolute Gasteiger partial charge is 0.475 e. The van der Waals surface area contributed by atoms with E-state index in [-0.39, 0.29) is 169 Å². The highest BCUT2D eigenvalue weighted by molar-refractivity contribution is 5.80. The lowest BCUT2D eigenvalue weighted by Crippen LogP contribution is -2.58. The van der Waals surface area contributed by atoms with Gasteiger partial charge in [0.15, 0.2) is 18.9 Å². The molecule has 3 aliphatic heterocycles. The van der Waals surface area contributed by atoms with Gasteiger partial charge in [0.2, 0.25) is 17.7 Å². The van der Waals surface area contributed by atoms with E-state index in [4.69, 9.17) is 101 Å². The minimum Gasteiger partial charge on any atom is -0.475 e. The molecule has 15 atom stereocenters. The van der Waals surface area contributed by atoms with Gasteiger partial charge in [-0.15, -0.1) is 0 Å². The monoisotopic (exact) mass is 1610 g/mol. The zero-order valence-corrected chi connectivity index (χ0v) is 67.2. The van der Waals surface area contributed by atoms with Gasteiger partial charge in [-0.1, -0.05) is 41.5 Å². The van der Waals surface area contributed by atoms with Gasteiger partial charge in [-0.05, 0) is 74.0 Å². The maximum absolute atomic E-state index is 13.2. The van der Waals surface area contributed by atoms with Gasteiger partial charge in [-0.2, -0.15) is 13.2 Å². The molecule has 6 N–H and O–H groups in total. The van der Waals surface area contributed by atoms with Crippen LogP contribution in [0, 0.1) is 35.5 Å². The number of hydrogen-bond acceptors (Lipinski definition) is 29. The molecule has 0 aromatic heterocycles. The van der Waals surface area contributed by atoms with Gasteiger partial charge < -0.3 is 112 Å². The first-order valence-corrected chi connectivity index (χ1v) is 38.5. The third-order valence-electron chi connectivity index (χ3n) is 19.2. The molecule has 0 radical (unpaired) electrons. The largest absolute Gasteiger partial charge is 0.490 e. The number of halogens is 3. The lowest BCUT2D eigenvalue weighted by Gasteiger charge is -2.44. The van der Waals surface area contributed by atoms with E-state index < -0.39 is 90.9 Å². The summed E-state index contributed by atoms with van der Waals surface area (Å²) in [6.07, 6.45) is -4.69. The number of amides is 3. The minimum absolute atomic E-state index is 0.00576. The first-order valence-electron chi connectivity index (χ1n) is 38.5. The summed E-state index contributed by atoms with van der Waals surface area (Å²) in [5.74, 6) is -4.62. The fourth-order valence-electron chi connectivity index (χ4n) is 12.1. The van der Waals surface area contributed by atoms with Crippen molar-refractivity contribution in [3.8, 4) is 0 Å². The second-order valence-corrected chi connectivity index (χ2v) is 28.1. The van der Waals surface area contributed by atoms with Gasteiger partial charge in [0.25, 0.3) is 0 Å². The fraction of sp³-hybridized carbons (Fsp3) is 0.867. The van der Waals surface area contributed by atoms with Crippen LogP contribution in [0.5, 0.6) is 0 Å². The van der Waals surface area contributed by atoms with E-state index in [0.717, 1.165) is 0 Å². The Kier molecular flexibility index (Phi) is 53.3. The van der Waals surface area contributed by atoms with Gasteiger partial charge in [0.1, 0.15) is 37.2 Å². The molecular weight excluding hydrogens is 1480 g/mol. The summed E-state index contributed by atoms with van der Waals surface area (Å²) in [4.78, 5) is 119. The summed E-state index contributed by atoms with van der Waals surface area (Å²) in [7, 11) is 0. The third kappa shape index (κ3) is 46.6. The summed E-state index contributed by atoms with van der Waals surface area (Å²) >= 11 is 0. The van der Waals surface area contributed by atoms with Crippen LogP contribution in [0.25, 0.3) is 0 Å². The van der Waals surface area contributed by atoms with Crippen molar-refractivity contribution < 1.29 is 151 Å². The third-order valence-corrected chi connectivity index (χ3v) is 19.2. The average molecular weight is 1610 g/mol. The lowest BCUT2D eigenvalue weighted by molar-refractivity contribution is -0.247. The van der Waals surface area contributed by atoms with E-state index in [2.05, 4.69) is 16.0 Å². The van der Waals surface area contributed by atoms with Crippen LogP contribution >= 0.6 is 0 Å². The lowest BCUT2D eigenvalue weighted by atomic mass is 9.82. The van der Waals surface area contributed by atoms with Gasteiger partial charge >= 0.3 is 30.1 Å². The Balaban J connectivity index is 0.00000567. The zero-order chi connectivity index (χ0) is 82.7. The van der Waals surface area contributed by atoms with E-state index in [0.29, 0.717) is 138 Å². The van der Waals surface area contributed by atoms with Gasteiger partial charge in [-0.25, -0.2) is 4.79 Å². The molecule has 3 rings (SSSR count). The van der Waals surface area contributed by atoms with E-state index in [1.807, 2.05) is 41.5 Å². The number of carboxylic acid groups (broad SMARTS) is 1. The van der Waals surface area contributed by atoms with E-state index in [1.54, 1.807) is 0 Å². The number of carbonyl (C=O) groups is 10. The fourth-order valence-corrected chi connectivity index (χ4v) is 12.1. The Morgan fingerprint density at radius 1 is 0.342 bits per heavy atom. The highest BCUT2D eigenvalue weighted by Gasteiger charge is 2.46. The van der Waals surface area contributed by atoms with E-state index in [1.165, 1.54) is 41.5 Å². The van der Waals surface area contributed by atoms with Crippen LogP contribution in [-0.4, -0.2) is 290 Å². The number of alkyl halides is 3. The number of esters is 3. The molecule has 0 aliphatic carbocycles. The predicted octanol–water partition coefficient (Wildman–Crippen LogP) is 5.10. The standard InChI is InChI=1S/C73H128N4O27.C2HF3O2/c1-49-52(4)67(75-55(7)78)70(102-64(49)46-99-58(10)81)96-43-40-93-37-34-90-31-28-87-25-13-16-61(84)19-22-73(74,23-20-62(85)17-14-26-88-29-32-91-35-38-94-41-44-97-71-68(76-56(8)79)53(5)50(2)65(103-71)47-100-59(11)82)24-21-63(86)18-15-27-89-30-33-92-36-39-95-42-45-98-72-69(77-57(9)80)54(6)51(3)66(104-72)48-101-60(12)83;3-2(4,5)1(6)7/h49-54,64-72H,13-48,74H2,1-12H3,(H,75,78)(H,76,79)(H,77,80);(H,6,7). The average Bonchev–Trinajstić information content (AvgIpc) is 0.818. The summed E-state index contributed by atoms with van der Waals surface area (Å²) in [5.41, 5.74) is 6.05. The Morgan fingerprint density at radius 2 is 0.550 bits per heavy atom. The molecule has 0 aromatic rings. The van der Waals surface area contributed by atoms with Crippen molar-refractivity contribution in [1.29, 1.82) is 0 Å². The number of ether oxygens (including phenoxy) is 18. The molecule has 3 heterocycles. The Hall–Kier alpha value is -5.55. The number of carbonyl (C=O) groups excluding carboxylic acids is 9. The number of rotatable bonds is 60. The number of hydrogen-bond donors (Lipinski definition) is 5. The zero-order valence-electron chi connectivity index (χ0n) is 67.2. The highest BCUT2D eigenvalue weighted by atomic mass is 19.4. The normalized spacial score (nSPS) is 24.4. The molecule has 36 heteroatoms. The SMILES string of the molecule is CC(=O)NC1C(OCCOCCOCCOCCCC(=O)CCC(N)(CCC(=O)CCCOCCOCCOCCOC2OC(COC(C)=O)C(C)C(C)C2NC(C)=O)CCC(=O)CCCOCCOCCOCCOC2OC(COC(C)=O)C(C)C(C)C2NC(C)=O)OC(COC(C)=O)C(C)C1C.O=C(O)C(F)(F)F. The first-order chi connectivity index (χ1) is 52.7. The van der Waals surface area contributed by atoms with Crippen LogP contribution in [0.4, 0.5) is 13.2 Å². The Bertz CT molecular complexity index is 2410. The van der Waals surface area contributed by atoms with Gasteiger partial charge in [0, 0.05) is 105 Å². The molecule has 15 unspecified atom stereocenters. The predicted molar refractivity (Wildman–Crippen MR) is 390 cm³/mol. The first kappa shape index (κ1) is 102. The summed E-state index contributed by atoms with van der Waals surface area (Å²) in [5, 5.41) is 15.9. The molecule has 0 bridgehead atoms. The number of carboxylic acids is 1. The number of aliphatic carboxylic acids is 1. The number of nitrogens with two attached hydrogens (primary N) is 1. The minimum atomic E-state index is -5.08. The van der Waals surface area contributed by atoms with Crippen LogP contribution in [-0.2, 0) is 133 Å². The van der Waals surface area contributed by atoms with Crippen molar-refractivity contribution in [2.45, 2.75) is 227 Å². The van der Waals surface area contributed by atoms with Crippen LogP contribution in [0.15, 0.2) is 0 Å². The molecule has 0 spiro atoms. The quantitative estimate of drug-likeness (QED) is 0.0300. The van der Waals surface area contributed by atoms with E-state index >= 15 is 0 Å². The maximum atomic E-state index is 13.2. The summed E-state index contributed by atoms with van der Waals surface area (Å²) < 4.78 is 135. The van der Waals surface area contributed by atoms with Crippen molar-refractivity contribution in [1.82, 2.24) is 16.0 Å². The molecule has 0 saturated carbocycles. The Labute approximate surface area is 651 Å². The van der Waals surface area contributed by atoms with Gasteiger partial charge in [-0.3, -0.25) is 43.2 Å². The summed E-state index contributed by atoms with van der Waals surface area (Å²) in [6, 6.07) is -1.18. The molecule has 3 saturated heterocycles. The van der Waals surface area contributed by atoms with Crippen molar-refractivity contribution in [3.63, 3.8) is 0 Å². The molecule has 33 nitrogen and oxygen atoms in total. The summed E-state index contributed by atoms with van der Waals surface area (Å²) in [6.45, 7) is 26.8. The molecule has 3 amide bonds. The van der Waals surface area contributed by atoms with Crippen molar-refractivity contribution in [2.24, 2.45) is 41.2 Å². The molecule has 3 aliphatic rings. The van der Waals surface area contributed by atoms with Crippen LogP contribution in [0.2, 0.25) is 0 Å². The molecule has 111 heavy (non-hydrogen) atoms. The van der Waals surface area contributed by atoms with Crippen molar-refractivity contribution >= 4 is 58.9 Å². The number of ketones is 3. The van der Waals surface area contributed by atoms with Crippen LogP contribution < -0.4 is 21.7 Å². The van der Waals surface area contributed by atoms with Crippen LogP contribution in [0.3, 0.4) is 0 Å². The highest BCUT2D eigenvalue weighted by Crippen LogP contribution is 2.35. The molecule has 0 aromatic carbocycles. The number of nitrogens with one attached hydrogen (secondary N) is 3. The Morgan fingerprint density at radius 3 is 0.748 bits per heavy atom. The van der Waals surface area contributed by atoms with Crippen LogP contribution in [0.1, 0.15) is 160 Å².